The molecular weight excluding hydrogens is 276 g/mol. The standard InChI is InChI=1S/C18H26N2O2/c1-18(19)11-3-2-4-16(18)17(21)20-14-7-9-15(10-8-14)22-12-13-5-6-13/h7-10,13,16H,2-6,11-12,19H2,1H3,(H,20,21). The first-order chi connectivity index (χ1) is 10.5. The van der Waals surface area contributed by atoms with E-state index in [9.17, 15) is 4.79 Å². The van der Waals surface area contributed by atoms with Crippen molar-refractivity contribution in [2.75, 3.05) is 11.9 Å². The number of hydrogen-bond acceptors (Lipinski definition) is 3. The molecule has 0 radical (unpaired) electrons. The smallest absolute Gasteiger partial charge is 0.229 e. The maximum atomic E-state index is 12.5. The predicted molar refractivity (Wildman–Crippen MR) is 87.8 cm³/mol. The monoisotopic (exact) mass is 302 g/mol. The fraction of sp³-hybridized carbons (Fsp3) is 0.611. The Bertz CT molecular complexity index is 520. The van der Waals surface area contributed by atoms with Gasteiger partial charge in [-0.1, -0.05) is 12.8 Å². The molecular formula is C18H26N2O2. The molecule has 0 aliphatic heterocycles. The van der Waals surface area contributed by atoms with E-state index in [1.165, 1.54) is 12.8 Å². The van der Waals surface area contributed by atoms with Crippen LogP contribution in [0.15, 0.2) is 24.3 Å². The van der Waals surface area contributed by atoms with Gasteiger partial charge in [0, 0.05) is 11.2 Å². The third-order valence-electron chi connectivity index (χ3n) is 4.88. The Morgan fingerprint density at radius 3 is 2.64 bits per heavy atom. The van der Waals surface area contributed by atoms with Crippen LogP contribution in [-0.2, 0) is 4.79 Å². The third kappa shape index (κ3) is 3.80. The van der Waals surface area contributed by atoms with E-state index in [0.717, 1.165) is 49.6 Å². The van der Waals surface area contributed by atoms with Gasteiger partial charge in [-0.3, -0.25) is 4.79 Å². The number of benzene rings is 1. The minimum Gasteiger partial charge on any atom is -0.493 e. The minimum absolute atomic E-state index is 0.0383. The number of carbonyl (C=O) groups is 1. The van der Waals surface area contributed by atoms with Crippen LogP contribution in [0.3, 0.4) is 0 Å². The molecule has 0 aromatic heterocycles. The predicted octanol–water partition coefficient (Wildman–Crippen LogP) is 3.32. The summed E-state index contributed by atoms with van der Waals surface area (Å²) in [5.41, 5.74) is 6.71. The lowest BCUT2D eigenvalue weighted by molar-refractivity contribution is -0.122. The van der Waals surface area contributed by atoms with Crippen LogP contribution in [0.1, 0.15) is 45.4 Å². The fourth-order valence-electron chi connectivity index (χ4n) is 3.15. The number of nitrogens with two attached hydrogens (primary N) is 1. The molecule has 1 aromatic carbocycles. The van der Waals surface area contributed by atoms with Crippen LogP contribution in [0.2, 0.25) is 0 Å². The van der Waals surface area contributed by atoms with Gasteiger partial charge in [0.2, 0.25) is 5.91 Å². The number of amides is 1. The highest BCUT2D eigenvalue weighted by atomic mass is 16.5. The van der Waals surface area contributed by atoms with E-state index >= 15 is 0 Å². The van der Waals surface area contributed by atoms with Crippen LogP contribution >= 0.6 is 0 Å². The zero-order chi connectivity index (χ0) is 15.6. The summed E-state index contributed by atoms with van der Waals surface area (Å²) in [6.07, 6.45) is 6.56. The number of anilines is 1. The summed E-state index contributed by atoms with van der Waals surface area (Å²) in [5, 5.41) is 3.00. The van der Waals surface area contributed by atoms with E-state index in [-0.39, 0.29) is 11.8 Å². The average Bonchev–Trinajstić information content (AvgIpc) is 3.30. The Kier molecular flexibility index (Phi) is 4.39. The average molecular weight is 302 g/mol. The van der Waals surface area contributed by atoms with Crippen molar-refractivity contribution in [3.63, 3.8) is 0 Å². The lowest BCUT2D eigenvalue weighted by Gasteiger charge is -2.37. The zero-order valence-corrected chi connectivity index (χ0v) is 13.3. The number of rotatable bonds is 5. The zero-order valence-electron chi connectivity index (χ0n) is 13.3. The van der Waals surface area contributed by atoms with Crippen LogP contribution in [0.25, 0.3) is 0 Å². The minimum atomic E-state index is -0.393. The van der Waals surface area contributed by atoms with Crippen molar-refractivity contribution < 1.29 is 9.53 Å². The normalized spacial score (nSPS) is 28.2. The van der Waals surface area contributed by atoms with Gasteiger partial charge in [-0.05, 0) is 62.8 Å². The second-order valence-corrected chi connectivity index (χ2v) is 7.07. The second kappa shape index (κ2) is 6.29. The molecule has 2 atom stereocenters. The van der Waals surface area contributed by atoms with Gasteiger partial charge in [-0.15, -0.1) is 0 Å². The van der Waals surface area contributed by atoms with E-state index < -0.39 is 5.54 Å². The van der Waals surface area contributed by atoms with Crippen molar-refractivity contribution in [1.29, 1.82) is 0 Å². The first-order valence-electron chi connectivity index (χ1n) is 8.37. The molecule has 120 valence electrons. The Hall–Kier alpha value is -1.55. The van der Waals surface area contributed by atoms with Crippen molar-refractivity contribution in [2.24, 2.45) is 17.6 Å². The van der Waals surface area contributed by atoms with Gasteiger partial charge in [0.15, 0.2) is 0 Å². The molecule has 3 rings (SSSR count). The van der Waals surface area contributed by atoms with Crippen molar-refractivity contribution >= 4 is 11.6 Å². The highest BCUT2D eigenvalue weighted by Crippen LogP contribution is 2.33. The van der Waals surface area contributed by atoms with E-state index in [2.05, 4.69) is 5.32 Å². The largest absolute Gasteiger partial charge is 0.493 e. The van der Waals surface area contributed by atoms with Gasteiger partial charge in [0.25, 0.3) is 0 Å². The van der Waals surface area contributed by atoms with E-state index in [0.29, 0.717) is 0 Å². The van der Waals surface area contributed by atoms with E-state index in [1.807, 2.05) is 31.2 Å². The summed E-state index contributed by atoms with van der Waals surface area (Å²) in [4.78, 5) is 12.5. The number of nitrogens with one attached hydrogen (secondary N) is 1. The quantitative estimate of drug-likeness (QED) is 0.877. The number of ether oxygens (including phenoxy) is 1. The third-order valence-corrected chi connectivity index (χ3v) is 4.88. The van der Waals surface area contributed by atoms with E-state index in [1.54, 1.807) is 0 Å². The lowest BCUT2D eigenvalue weighted by atomic mass is 9.74. The van der Waals surface area contributed by atoms with Crippen LogP contribution in [0.4, 0.5) is 5.69 Å². The second-order valence-electron chi connectivity index (χ2n) is 7.07. The molecule has 2 aliphatic carbocycles. The fourth-order valence-corrected chi connectivity index (χ4v) is 3.15. The van der Waals surface area contributed by atoms with Gasteiger partial charge in [0.05, 0.1) is 12.5 Å². The molecule has 2 unspecified atom stereocenters. The van der Waals surface area contributed by atoms with Crippen molar-refractivity contribution in [2.45, 2.75) is 51.0 Å². The van der Waals surface area contributed by atoms with Gasteiger partial charge in [0.1, 0.15) is 5.75 Å². The molecule has 3 N–H and O–H groups in total. The van der Waals surface area contributed by atoms with E-state index in [4.69, 9.17) is 10.5 Å². The molecule has 4 nitrogen and oxygen atoms in total. The Morgan fingerprint density at radius 1 is 1.27 bits per heavy atom. The summed E-state index contributed by atoms with van der Waals surface area (Å²) >= 11 is 0. The molecule has 1 aromatic rings. The molecule has 0 saturated heterocycles. The molecule has 1 amide bonds. The van der Waals surface area contributed by atoms with Crippen molar-refractivity contribution in [1.82, 2.24) is 0 Å². The van der Waals surface area contributed by atoms with Gasteiger partial charge >= 0.3 is 0 Å². The molecule has 0 heterocycles. The number of hydrogen-bond donors (Lipinski definition) is 2. The highest BCUT2D eigenvalue weighted by Gasteiger charge is 2.37. The van der Waals surface area contributed by atoms with Gasteiger partial charge < -0.3 is 15.8 Å². The Labute approximate surface area is 132 Å². The summed E-state index contributed by atoms with van der Waals surface area (Å²) in [6, 6.07) is 7.63. The highest BCUT2D eigenvalue weighted by molar-refractivity contribution is 5.93. The summed E-state index contributed by atoms with van der Waals surface area (Å²) < 4.78 is 5.71. The molecule has 22 heavy (non-hydrogen) atoms. The lowest BCUT2D eigenvalue weighted by Crippen LogP contribution is -2.51. The van der Waals surface area contributed by atoms with Crippen molar-refractivity contribution in [3.8, 4) is 5.75 Å². The molecule has 0 spiro atoms. The van der Waals surface area contributed by atoms with Gasteiger partial charge in [-0.25, -0.2) is 0 Å². The molecule has 0 bridgehead atoms. The maximum Gasteiger partial charge on any atom is 0.229 e. The van der Waals surface area contributed by atoms with Crippen LogP contribution in [-0.4, -0.2) is 18.1 Å². The summed E-state index contributed by atoms with van der Waals surface area (Å²) in [7, 11) is 0. The topological polar surface area (TPSA) is 64.4 Å². The van der Waals surface area contributed by atoms with Crippen LogP contribution < -0.4 is 15.8 Å². The van der Waals surface area contributed by atoms with Crippen molar-refractivity contribution in [3.05, 3.63) is 24.3 Å². The molecule has 4 heteroatoms. The van der Waals surface area contributed by atoms with Gasteiger partial charge in [-0.2, -0.15) is 0 Å². The SMILES string of the molecule is CC1(N)CCCCC1C(=O)Nc1ccc(OCC2CC2)cc1. The summed E-state index contributed by atoms with van der Waals surface area (Å²) in [6.45, 7) is 2.80. The Balaban J connectivity index is 1.56. The molecule has 2 saturated carbocycles. The van der Waals surface area contributed by atoms with Crippen LogP contribution in [0, 0.1) is 11.8 Å². The summed E-state index contributed by atoms with van der Waals surface area (Å²) in [5.74, 6) is 1.54. The van der Waals surface area contributed by atoms with Crippen LogP contribution in [0.5, 0.6) is 5.75 Å². The molecule has 2 fully saturated rings. The maximum absolute atomic E-state index is 12.5. The first kappa shape index (κ1) is 15.3. The molecule has 2 aliphatic rings. The number of carbonyl (C=O) groups excluding carboxylic acids is 1. The first-order valence-corrected chi connectivity index (χ1v) is 8.37. The Morgan fingerprint density at radius 2 is 2.00 bits per heavy atom.